The van der Waals surface area contributed by atoms with Crippen LogP contribution in [0.4, 0.5) is 0 Å². The standard InChI is InChI=1S/C12H22N2O/c1-9-4-3-5-10(2)14(9)12(15)8-13-11-6-7-11/h9-11,13H,3-8H2,1-2H3/t9-,10+. The van der Waals surface area contributed by atoms with Gasteiger partial charge in [0.05, 0.1) is 6.54 Å². The fourth-order valence-electron chi connectivity index (χ4n) is 2.52. The minimum atomic E-state index is 0.293. The molecule has 1 saturated heterocycles. The number of hydrogen-bond donors (Lipinski definition) is 1. The average molecular weight is 210 g/mol. The van der Waals surface area contributed by atoms with E-state index < -0.39 is 0 Å². The SMILES string of the molecule is C[C@@H]1CCC[C@H](C)N1C(=O)CNC1CC1. The van der Waals surface area contributed by atoms with E-state index >= 15 is 0 Å². The van der Waals surface area contributed by atoms with Gasteiger partial charge in [-0.1, -0.05) is 0 Å². The first-order chi connectivity index (χ1) is 7.18. The Hall–Kier alpha value is -0.570. The smallest absolute Gasteiger partial charge is 0.237 e. The lowest BCUT2D eigenvalue weighted by Gasteiger charge is -2.39. The number of nitrogens with one attached hydrogen (secondary N) is 1. The number of amides is 1. The maximum atomic E-state index is 12.0. The van der Waals surface area contributed by atoms with Gasteiger partial charge in [-0.2, -0.15) is 0 Å². The number of carbonyl (C=O) groups is 1. The molecule has 1 N–H and O–H groups in total. The summed E-state index contributed by atoms with van der Waals surface area (Å²) >= 11 is 0. The molecule has 86 valence electrons. The van der Waals surface area contributed by atoms with E-state index in [1.807, 2.05) is 0 Å². The normalized spacial score (nSPS) is 31.7. The first-order valence-corrected chi connectivity index (χ1v) is 6.23. The van der Waals surface area contributed by atoms with Gasteiger partial charge >= 0.3 is 0 Å². The van der Waals surface area contributed by atoms with Gasteiger partial charge in [-0.25, -0.2) is 0 Å². The number of nitrogens with zero attached hydrogens (tertiary/aromatic N) is 1. The molecular weight excluding hydrogens is 188 g/mol. The molecule has 2 atom stereocenters. The van der Waals surface area contributed by atoms with Crippen molar-refractivity contribution in [2.24, 2.45) is 0 Å². The molecule has 1 aliphatic heterocycles. The molecule has 0 aromatic carbocycles. The second kappa shape index (κ2) is 4.52. The molecular formula is C12H22N2O. The molecule has 1 aliphatic carbocycles. The molecule has 3 heteroatoms. The highest BCUT2D eigenvalue weighted by Crippen LogP contribution is 2.23. The summed E-state index contributed by atoms with van der Waals surface area (Å²) in [5, 5.41) is 3.30. The quantitative estimate of drug-likeness (QED) is 0.766. The number of carbonyl (C=O) groups excluding carboxylic acids is 1. The first-order valence-electron chi connectivity index (χ1n) is 6.23. The van der Waals surface area contributed by atoms with Gasteiger partial charge in [0.1, 0.15) is 0 Å². The van der Waals surface area contributed by atoms with Crippen molar-refractivity contribution >= 4 is 5.91 Å². The van der Waals surface area contributed by atoms with Crippen LogP contribution >= 0.6 is 0 Å². The highest BCUT2D eigenvalue weighted by molar-refractivity contribution is 5.79. The zero-order chi connectivity index (χ0) is 10.8. The predicted octanol–water partition coefficient (Wildman–Crippen LogP) is 1.53. The Kier molecular flexibility index (Phi) is 3.29. The van der Waals surface area contributed by atoms with Gasteiger partial charge in [0.25, 0.3) is 0 Å². The van der Waals surface area contributed by atoms with Gasteiger partial charge in [-0.3, -0.25) is 4.79 Å². The zero-order valence-corrected chi connectivity index (χ0v) is 9.83. The van der Waals surface area contributed by atoms with E-state index in [2.05, 4.69) is 24.1 Å². The van der Waals surface area contributed by atoms with Gasteiger partial charge < -0.3 is 10.2 Å². The lowest BCUT2D eigenvalue weighted by atomic mass is 9.97. The van der Waals surface area contributed by atoms with Gasteiger partial charge in [-0.15, -0.1) is 0 Å². The molecule has 15 heavy (non-hydrogen) atoms. The molecule has 1 heterocycles. The van der Waals surface area contributed by atoms with Crippen LogP contribution in [0.2, 0.25) is 0 Å². The van der Waals surface area contributed by atoms with Crippen molar-refractivity contribution in [2.75, 3.05) is 6.54 Å². The van der Waals surface area contributed by atoms with E-state index in [1.165, 1.54) is 32.1 Å². The van der Waals surface area contributed by atoms with Crippen LogP contribution in [0.3, 0.4) is 0 Å². The van der Waals surface area contributed by atoms with Crippen LogP contribution in [0.5, 0.6) is 0 Å². The Morgan fingerprint density at radius 3 is 2.33 bits per heavy atom. The average Bonchev–Trinajstić information content (AvgIpc) is 2.97. The van der Waals surface area contributed by atoms with E-state index in [9.17, 15) is 4.79 Å². The Balaban J connectivity index is 1.84. The molecule has 2 rings (SSSR count). The van der Waals surface area contributed by atoms with Crippen LogP contribution in [-0.4, -0.2) is 35.5 Å². The maximum Gasteiger partial charge on any atom is 0.237 e. The Morgan fingerprint density at radius 2 is 1.80 bits per heavy atom. The van der Waals surface area contributed by atoms with Crippen LogP contribution in [0.1, 0.15) is 46.0 Å². The number of likely N-dealkylation sites (tertiary alicyclic amines) is 1. The van der Waals surface area contributed by atoms with Crippen molar-refractivity contribution in [3.8, 4) is 0 Å². The lowest BCUT2D eigenvalue weighted by molar-refractivity contribution is -0.136. The fourth-order valence-corrected chi connectivity index (χ4v) is 2.52. The molecule has 0 bridgehead atoms. The Morgan fingerprint density at radius 1 is 1.20 bits per heavy atom. The van der Waals surface area contributed by atoms with Crippen LogP contribution in [0.25, 0.3) is 0 Å². The van der Waals surface area contributed by atoms with Crippen LogP contribution in [0, 0.1) is 0 Å². The topological polar surface area (TPSA) is 32.3 Å². The van der Waals surface area contributed by atoms with Crippen LogP contribution in [-0.2, 0) is 4.79 Å². The van der Waals surface area contributed by atoms with Crippen molar-refractivity contribution in [1.29, 1.82) is 0 Å². The monoisotopic (exact) mass is 210 g/mol. The highest BCUT2D eigenvalue weighted by atomic mass is 16.2. The summed E-state index contributed by atoms with van der Waals surface area (Å²) in [6, 6.07) is 1.49. The van der Waals surface area contributed by atoms with E-state index in [4.69, 9.17) is 0 Å². The fraction of sp³-hybridized carbons (Fsp3) is 0.917. The summed E-state index contributed by atoms with van der Waals surface area (Å²) in [5.41, 5.74) is 0. The molecule has 2 aliphatic rings. The second-order valence-electron chi connectivity index (χ2n) is 5.09. The van der Waals surface area contributed by atoms with E-state index in [0.717, 1.165) is 0 Å². The van der Waals surface area contributed by atoms with Crippen molar-refractivity contribution in [3.63, 3.8) is 0 Å². The third-order valence-electron chi connectivity index (χ3n) is 3.60. The molecule has 3 nitrogen and oxygen atoms in total. The third kappa shape index (κ3) is 2.71. The van der Waals surface area contributed by atoms with Gasteiger partial charge in [0.15, 0.2) is 0 Å². The highest BCUT2D eigenvalue weighted by Gasteiger charge is 2.29. The van der Waals surface area contributed by atoms with E-state index in [0.29, 0.717) is 30.6 Å². The molecule has 0 radical (unpaired) electrons. The van der Waals surface area contributed by atoms with Gasteiger partial charge in [-0.05, 0) is 46.0 Å². The molecule has 1 saturated carbocycles. The summed E-state index contributed by atoms with van der Waals surface area (Å²) in [5.74, 6) is 0.293. The minimum Gasteiger partial charge on any atom is -0.336 e. The third-order valence-corrected chi connectivity index (χ3v) is 3.60. The summed E-state index contributed by atoms with van der Waals surface area (Å²) < 4.78 is 0. The van der Waals surface area contributed by atoms with E-state index in [-0.39, 0.29) is 0 Å². The van der Waals surface area contributed by atoms with Crippen molar-refractivity contribution in [3.05, 3.63) is 0 Å². The van der Waals surface area contributed by atoms with Crippen molar-refractivity contribution in [2.45, 2.75) is 64.1 Å². The molecule has 0 spiro atoms. The summed E-state index contributed by atoms with van der Waals surface area (Å²) in [6.45, 7) is 4.88. The summed E-state index contributed by atoms with van der Waals surface area (Å²) in [4.78, 5) is 14.1. The molecule has 2 fully saturated rings. The Labute approximate surface area is 92.2 Å². The van der Waals surface area contributed by atoms with Crippen molar-refractivity contribution < 1.29 is 4.79 Å². The van der Waals surface area contributed by atoms with Crippen LogP contribution in [0.15, 0.2) is 0 Å². The Bertz CT molecular complexity index is 228. The minimum absolute atomic E-state index is 0.293. The largest absolute Gasteiger partial charge is 0.336 e. The lowest BCUT2D eigenvalue weighted by Crippen LogP contribution is -2.50. The second-order valence-corrected chi connectivity index (χ2v) is 5.09. The van der Waals surface area contributed by atoms with Crippen LogP contribution < -0.4 is 5.32 Å². The summed E-state index contributed by atoms with van der Waals surface area (Å²) in [7, 11) is 0. The van der Waals surface area contributed by atoms with Gasteiger partial charge in [0.2, 0.25) is 5.91 Å². The summed E-state index contributed by atoms with van der Waals surface area (Å²) in [6.07, 6.45) is 6.10. The number of hydrogen-bond acceptors (Lipinski definition) is 2. The number of piperidine rings is 1. The molecule has 1 amide bonds. The van der Waals surface area contributed by atoms with E-state index in [1.54, 1.807) is 0 Å². The zero-order valence-electron chi connectivity index (χ0n) is 9.83. The molecule has 0 unspecified atom stereocenters. The number of rotatable bonds is 3. The first kappa shape index (κ1) is 10.9. The molecule has 0 aromatic heterocycles. The van der Waals surface area contributed by atoms with Crippen molar-refractivity contribution in [1.82, 2.24) is 10.2 Å². The maximum absolute atomic E-state index is 12.0. The molecule has 0 aromatic rings. The van der Waals surface area contributed by atoms with Gasteiger partial charge in [0, 0.05) is 18.1 Å². The predicted molar refractivity (Wildman–Crippen MR) is 60.6 cm³/mol.